The van der Waals surface area contributed by atoms with E-state index >= 15 is 0 Å². The number of esters is 1. The van der Waals surface area contributed by atoms with E-state index in [4.69, 9.17) is 15.2 Å². The molecule has 0 bridgehead atoms. The number of carbonyl (C=O) groups excluding carboxylic acids is 2. The van der Waals surface area contributed by atoms with Crippen LogP contribution in [-0.4, -0.2) is 47.0 Å². The minimum Gasteiger partial charge on any atom is -0.494 e. The van der Waals surface area contributed by atoms with E-state index in [0.717, 1.165) is 15.9 Å². The van der Waals surface area contributed by atoms with Crippen molar-refractivity contribution in [3.05, 3.63) is 52.1 Å². The lowest BCUT2D eigenvalue weighted by molar-refractivity contribution is 0.0600. The van der Waals surface area contributed by atoms with E-state index in [1.807, 2.05) is 30.6 Å². The van der Waals surface area contributed by atoms with Gasteiger partial charge in [0.2, 0.25) is 0 Å². The number of halogens is 1. The third-order valence-corrected chi connectivity index (χ3v) is 5.62. The minimum absolute atomic E-state index is 0. The van der Waals surface area contributed by atoms with Crippen LogP contribution in [0.4, 0.5) is 0 Å². The molecular formula is C21H26ClN5O4S. The first-order chi connectivity index (χ1) is 14.9. The molecule has 11 heteroatoms. The molecule has 172 valence electrons. The highest BCUT2D eigenvalue weighted by Gasteiger charge is 2.18. The molecule has 2 N–H and O–H groups in total. The van der Waals surface area contributed by atoms with E-state index in [-0.39, 0.29) is 12.4 Å². The fourth-order valence-electron chi connectivity index (χ4n) is 3.20. The first-order valence-electron chi connectivity index (χ1n) is 9.71. The molecule has 3 aromatic rings. The van der Waals surface area contributed by atoms with E-state index < -0.39 is 11.9 Å². The van der Waals surface area contributed by atoms with Crippen LogP contribution in [0.1, 0.15) is 33.5 Å². The Hall–Kier alpha value is -2.95. The summed E-state index contributed by atoms with van der Waals surface area (Å²) in [6.45, 7) is 5.14. The molecule has 2 aromatic heterocycles. The highest BCUT2D eigenvalue weighted by atomic mass is 35.5. The van der Waals surface area contributed by atoms with Gasteiger partial charge >= 0.3 is 5.97 Å². The predicted molar refractivity (Wildman–Crippen MR) is 126 cm³/mol. The van der Waals surface area contributed by atoms with Crippen molar-refractivity contribution in [3.8, 4) is 5.75 Å². The topological polar surface area (TPSA) is 114 Å². The number of hydrogen-bond donors (Lipinski definition) is 1. The number of thiazole rings is 1. The molecule has 1 amide bonds. The number of hydrogen-bond acceptors (Lipinski definition) is 7. The van der Waals surface area contributed by atoms with Crippen LogP contribution in [0.2, 0.25) is 0 Å². The van der Waals surface area contributed by atoms with Gasteiger partial charge in [0.25, 0.3) is 5.91 Å². The summed E-state index contributed by atoms with van der Waals surface area (Å²) in [7, 11) is 2.85. The zero-order chi connectivity index (χ0) is 22.5. The van der Waals surface area contributed by atoms with Crippen molar-refractivity contribution in [2.75, 3.05) is 20.8 Å². The number of amides is 1. The maximum atomic E-state index is 13.0. The van der Waals surface area contributed by atoms with Crippen LogP contribution >= 0.6 is 23.7 Å². The molecule has 32 heavy (non-hydrogen) atoms. The third kappa shape index (κ3) is 5.09. The number of methoxy groups -OCH3 is 2. The Morgan fingerprint density at radius 3 is 2.62 bits per heavy atom. The summed E-state index contributed by atoms with van der Waals surface area (Å²) in [4.78, 5) is 29.9. The molecule has 2 heterocycles. The number of nitrogens with two attached hydrogens (primary N) is 1. The Morgan fingerprint density at radius 2 is 2.00 bits per heavy atom. The van der Waals surface area contributed by atoms with Crippen LogP contribution in [0.3, 0.4) is 0 Å². The summed E-state index contributed by atoms with van der Waals surface area (Å²) in [5.41, 5.74) is 7.83. The lowest BCUT2D eigenvalue weighted by Gasteiger charge is -2.08. The van der Waals surface area contributed by atoms with Crippen LogP contribution in [-0.2, 0) is 17.8 Å². The standard InChI is InChI=1S/C21H25N5O4S.ClH/c1-5-26-15(10-13(2)24-26)19(27)23-21-25(9-7-6-8-22)18-16(29-3)11-14(20(28)30-4)12-17(18)31-21;/h6-7,10-12H,5,8-9,22H2,1-4H3;1H/b7-6+,23-21?;. The molecule has 9 nitrogen and oxygen atoms in total. The summed E-state index contributed by atoms with van der Waals surface area (Å²) in [5.74, 6) is -0.378. The van der Waals surface area contributed by atoms with Crippen LogP contribution in [0.15, 0.2) is 35.3 Å². The number of carbonyl (C=O) groups is 2. The number of allylic oxidation sites excluding steroid dienone is 1. The van der Waals surface area contributed by atoms with Crippen molar-refractivity contribution >= 4 is 45.8 Å². The fourth-order valence-corrected chi connectivity index (χ4v) is 4.29. The summed E-state index contributed by atoms with van der Waals surface area (Å²) in [6, 6.07) is 5.05. The van der Waals surface area contributed by atoms with E-state index in [0.29, 0.717) is 41.4 Å². The van der Waals surface area contributed by atoms with Crippen LogP contribution < -0.4 is 15.3 Å². The monoisotopic (exact) mass is 479 g/mol. The Kier molecular flexibility index (Phi) is 8.76. The first kappa shape index (κ1) is 25.3. The molecule has 0 aliphatic heterocycles. The Labute approximate surface area is 195 Å². The number of ether oxygens (including phenoxy) is 2. The fraction of sp³-hybridized carbons (Fsp3) is 0.333. The Bertz CT molecular complexity index is 1220. The average Bonchev–Trinajstić information content (AvgIpc) is 3.32. The van der Waals surface area contributed by atoms with Crippen LogP contribution in [0.5, 0.6) is 5.75 Å². The molecule has 0 aliphatic carbocycles. The highest BCUT2D eigenvalue weighted by Crippen LogP contribution is 2.30. The van der Waals surface area contributed by atoms with Crippen molar-refractivity contribution < 1.29 is 19.1 Å². The van der Waals surface area contributed by atoms with Crippen molar-refractivity contribution in [2.45, 2.75) is 26.9 Å². The van der Waals surface area contributed by atoms with Gasteiger partial charge in [-0.25, -0.2) is 4.79 Å². The van der Waals surface area contributed by atoms with Gasteiger partial charge in [-0.3, -0.25) is 9.48 Å². The molecule has 0 saturated carbocycles. The molecule has 0 fully saturated rings. The van der Waals surface area contributed by atoms with Gasteiger partial charge in [-0.15, -0.1) is 12.4 Å². The van der Waals surface area contributed by atoms with Crippen LogP contribution in [0, 0.1) is 6.92 Å². The van der Waals surface area contributed by atoms with Crippen molar-refractivity contribution in [2.24, 2.45) is 10.7 Å². The van der Waals surface area contributed by atoms with E-state index in [1.54, 1.807) is 22.9 Å². The smallest absolute Gasteiger partial charge is 0.338 e. The summed E-state index contributed by atoms with van der Waals surface area (Å²) < 4.78 is 14.6. The summed E-state index contributed by atoms with van der Waals surface area (Å²) in [5, 5.41) is 4.32. The molecule has 1 aromatic carbocycles. The molecule has 0 atom stereocenters. The Balaban J connectivity index is 0.00000363. The number of nitrogens with zero attached hydrogens (tertiary/aromatic N) is 4. The molecule has 3 rings (SSSR count). The lowest BCUT2D eigenvalue weighted by atomic mass is 10.2. The molecule has 0 spiro atoms. The van der Waals surface area contributed by atoms with Gasteiger partial charge in [0, 0.05) is 19.6 Å². The SMILES string of the molecule is CCn1nc(C)cc1C(=O)N=c1sc2cc(C(=O)OC)cc(OC)c2n1C/C=C/CN.Cl. The van der Waals surface area contributed by atoms with Crippen molar-refractivity contribution in [3.63, 3.8) is 0 Å². The first-order valence-corrected chi connectivity index (χ1v) is 10.5. The number of benzene rings is 1. The zero-order valence-corrected chi connectivity index (χ0v) is 20.0. The zero-order valence-electron chi connectivity index (χ0n) is 18.3. The molecule has 0 aliphatic rings. The number of rotatable bonds is 7. The molecule has 0 radical (unpaired) electrons. The van der Waals surface area contributed by atoms with Gasteiger partial charge in [0.05, 0.1) is 30.2 Å². The van der Waals surface area contributed by atoms with Crippen molar-refractivity contribution in [1.82, 2.24) is 14.3 Å². The quantitative estimate of drug-likeness (QED) is 0.411. The largest absolute Gasteiger partial charge is 0.494 e. The van der Waals surface area contributed by atoms with Gasteiger partial charge < -0.3 is 19.8 Å². The second kappa shape index (κ2) is 11.1. The van der Waals surface area contributed by atoms with Crippen LogP contribution in [0.25, 0.3) is 10.2 Å². The highest BCUT2D eigenvalue weighted by molar-refractivity contribution is 7.16. The van der Waals surface area contributed by atoms with Gasteiger partial charge in [-0.1, -0.05) is 23.5 Å². The predicted octanol–water partition coefficient (Wildman–Crippen LogP) is 2.70. The van der Waals surface area contributed by atoms with Gasteiger partial charge in [-0.2, -0.15) is 10.1 Å². The average molecular weight is 480 g/mol. The number of aromatic nitrogens is 3. The van der Waals surface area contributed by atoms with E-state index in [9.17, 15) is 9.59 Å². The minimum atomic E-state index is -0.472. The van der Waals surface area contributed by atoms with Gasteiger partial charge in [0.1, 0.15) is 17.0 Å². The Morgan fingerprint density at radius 1 is 1.25 bits per heavy atom. The second-order valence-corrected chi connectivity index (χ2v) is 7.63. The van der Waals surface area contributed by atoms with E-state index in [2.05, 4.69) is 10.1 Å². The molecule has 0 saturated heterocycles. The molecular weight excluding hydrogens is 454 g/mol. The summed E-state index contributed by atoms with van der Waals surface area (Å²) >= 11 is 1.29. The van der Waals surface area contributed by atoms with E-state index in [1.165, 1.54) is 25.6 Å². The maximum Gasteiger partial charge on any atom is 0.338 e. The normalized spacial score (nSPS) is 11.7. The lowest BCUT2D eigenvalue weighted by Crippen LogP contribution is -2.18. The third-order valence-electron chi connectivity index (χ3n) is 4.59. The number of aryl methyl sites for hydroxylation is 2. The summed E-state index contributed by atoms with van der Waals surface area (Å²) in [6.07, 6.45) is 3.72. The number of fused-ring (bicyclic) bond motifs is 1. The van der Waals surface area contributed by atoms with Gasteiger partial charge in [-0.05, 0) is 32.0 Å². The van der Waals surface area contributed by atoms with Gasteiger partial charge in [0.15, 0.2) is 4.80 Å². The molecule has 0 unspecified atom stereocenters. The van der Waals surface area contributed by atoms with Crippen molar-refractivity contribution in [1.29, 1.82) is 0 Å². The maximum absolute atomic E-state index is 13.0. The second-order valence-electron chi connectivity index (χ2n) is 6.62.